The Morgan fingerprint density at radius 2 is 1.94 bits per heavy atom. The Kier molecular flexibility index (Phi) is 3.60. The van der Waals surface area contributed by atoms with Crippen molar-refractivity contribution in [3.63, 3.8) is 0 Å². The van der Waals surface area contributed by atoms with Crippen LogP contribution in [0.15, 0.2) is 0 Å². The fraction of sp³-hybridized carbons (Fsp3) is 0.769. The molecule has 0 aromatic carbocycles. The van der Waals surface area contributed by atoms with Crippen LogP contribution in [-0.2, 0) is 0 Å². The lowest BCUT2D eigenvalue weighted by Gasteiger charge is -2.20. The molecule has 3 unspecified atom stereocenters. The van der Waals surface area contributed by atoms with Gasteiger partial charge in [0, 0.05) is 6.04 Å². The first kappa shape index (κ1) is 12.3. The third-order valence-electron chi connectivity index (χ3n) is 4.16. The van der Waals surface area contributed by atoms with Crippen molar-refractivity contribution in [2.75, 3.05) is 5.32 Å². The zero-order valence-electron chi connectivity index (χ0n) is 11.2. The normalized spacial score (nSPS) is 28.4. The summed E-state index contributed by atoms with van der Waals surface area (Å²) < 4.78 is 0. The summed E-state index contributed by atoms with van der Waals surface area (Å²) in [5, 5.41) is 11.7. The fourth-order valence-electron chi connectivity index (χ4n) is 2.71. The quantitative estimate of drug-likeness (QED) is 0.873. The molecule has 0 radical (unpaired) electrons. The van der Waals surface area contributed by atoms with Crippen molar-refractivity contribution in [3.8, 4) is 0 Å². The molecule has 1 aliphatic rings. The average Bonchev–Trinajstić information content (AvgIpc) is 2.65. The predicted molar refractivity (Wildman–Crippen MR) is 68.9 cm³/mol. The third-order valence-corrected chi connectivity index (χ3v) is 4.16. The standard InChI is InChI=1S/C13H22N4/c1-5-11-6-7-12(8(11)2)15-13-14-9(3)10(4)16-17-13/h8,11-12H,5-7H2,1-4H3,(H,14,15,17). The number of hydrogen-bond donors (Lipinski definition) is 1. The van der Waals surface area contributed by atoms with E-state index in [9.17, 15) is 0 Å². The molecule has 4 heteroatoms. The van der Waals surface area contributed by atoms with Gasteiger partial charge in [0.1, 0.15) is 0 Å². The molecule has 1 saturated carbocycles. The summed E-state index contributed by atoms with van der Waals surface area (Å²) in [6, 6.07) is 0.504. The van der Waals surface area contributed by atoms with Gasteiger partial charge in [0.15, 0.2) is 0 Å². The minimum Gasteiger partial charge on any atom is -0.350 e. The van der Waals surface area contributed by atoms with Crippen molar-refractivity contribution in [2.45, 2.75) is 53.0 Å². The van der Waals surface area contributed by atoms with Crippen LogP contribution in [0, 0.1) is 25.7 Å². The maximum atomic E-state index is 4.44. The van der Waals surface area contributed by atoms with Gasteiger partial charge < -0.3 is 5.32 Å². The van der Waals surface area contributed by atoms with Gasteiger partial charge in [-0.2, -0.15) is 5.10 Å². The summed E-state index contributed by atoms with van der Waals surface area (Å²) in [7, 11) is 0. The second-order valence-corrected chi connectivity index (χ2v) is 5.16. The summed E-state index contributed by atoms with van der Waals surface area (Å²) in [6.45, 7) is 8.51. The van der Waals surface area contributed by atoms with Crippen LogP contribution in [0.5, 0.6) is 0 Å². The van der Waals surface area contributed by atoms with Gasteiger partial charge in [-0.3, -0.25) is 0 Å². The van der Waals surface area contributed by atoms with Gasteiger partial charge in [0.25, 0.3) is 0 Å². The lowest BCUT2D eigenvalue weighted by atomic mass is 9.94. The minimum absolute atomic E-state index is 0.504. The van der Waals surface area contributed by atoms with Crippen LogP contribution in [0.4, 0.5) is 5.95 Å². The Morgan fingerprint density at radius 3 is 2.53 bits per heavy atom. The Labute approximate surface area is 103 Å². The molecule has 1 aromatic heterocycles. The molecule has 1 aromatic rings. The van der Waals surface area contributed by atoms with Crippen LogP contribution in [-0.4, -0.2) is 21.2 Å². The predicted octanol–water partition coefficient (Wildman–Crippen LogP) is 2.73. The van der Waals surface area contributed by atoms with Crippen LogP contribution in [0.2, 0.25) is 0 Å². The van der Waals surface area contributed by atoms with Crippen molar-refractivity contribution < 1.29 is 0 Å². The molecule has 1 N–H and O–H groups in total. The van der Waals surface area contributed by atoms with Crippen LogP contribution in [0.25, 0.3) is 0 Å². The molecule has 17 heavy (non-hydrogen) atoms. The number of nitrogens with zero attached hydrogens (tertiary/aromatic N) is 3. The molecule has 4 nitrogen and oxygen atoms in total. The molecule has 0 bridgehead atoms. The van der Waals surface area contributed by atoms with Crippen LogP contribution in [0.3, 0.4) is 0 Å². The minimum atomic E-state index is 0.504. The number of aromatic nitrogens is 3. The molecule has 0 amide bonds. The van der Waals surface area contributed by atoms with Crippen LogP contribution >= 0.6 is 0 Å². The molecule has 1 heterocycles. The largest absolute Gasteiger partial charge is 0.350 e. The lowest BCUT2D eigenvalue weighted by molar-refractivity contribution is 0.391. The number of anilines is 1. The molecule has 0 aliphatic heterocycles. The van der Waals surface area contributed by atoms with E-state index in [-0.39, 0.29) is 0 Å². The fourth-order valence-corrected chi connectivity index (χ4v) is 2.71. The van der Waals surface area contributed by atoms with E-state index in [0.29, 0.717) is 17.9 Å². The maximum absolute atomic E-state index is 4.44. The number of rotatable bonds is 3. The number of aryl methyl sites for hydroxylation is 2. The summed E-state index contributed by atoms with van der Waals surface area (Å²) in [6.07, 6.45) is 3.80. The van der Waals surface area contributed by atoms with Crippen LogP contribution < -0.4 is 5.32 Å². The first-order chi connectivity index (χ1) is 8.11. The van der Waals surface area contributed by atoms with Gasteiger partial charge in [-0.25, -0.2) is 4.98 Å². The summed E-state index contributed by atoms with van der Waals surface area (Å²) in [5.41, 5.74) is 1.86. The van der Waals surface area contributed by atoms with E-state index < -0.39 is 0 Å². The molecule has 0 saturated heterocycles. The van der Waals surface area contributed by atoms with Gasteiger partial charge in [-0.15, -0.1) is 5.10 Å². The van der Waals surface area contributed by atoms with Crippen molar-refractivity contribution in [1.82, 2.24) is 15.2 Å². The van der Waals surface area contributed by atoms with E-state index in [1.54, 1.807) is 0 Å². The van der Waals surface area contributed by atoms with Gasteiger partial charge in [0.05, 0.1) is 11.4 Å². The summed E-state index contributed by atoms with van der Waals surface area (Å²) in [5.74, 6) is 2.22. The van der Waals surface area contributed by atoms with E-state index in [4.69, 9.17) is 0 Å². The molecule has 94 valence electrons. The molecular weight excluding hydrogens is 212 g/mol. The van der Waals surface area contributed by atoms with E-state index >= 15 is 0 Å². The topological polar surface area (TPSA) is 50.7 Å². The number of hydrogen-bond acceptors (Lipinski definition) is 4. The summed E-state index contributed by atoms with van der Waals surface area (Å²) in [4.78, 5) is 4.44. The van der Waals surface area contributed by atoms with Gasteiger partial charge in [-0.1, -0.05) is 20.3 Å². The van der Waals surface area contributed by atoms with Crippen molar-refractivity contribution in [2.24, 2.45) is 11.8 Å². The molecule has 3 atom stereocenters. The molecule has 1 aliphatic carbocycles. The zero-order valence-corrected chi connectivity index (χ0v) is 11.2. The monoisotopic (exact) mass is 234 g/mol. The van der Waals surface area contributed by atoms with E-state index in [2.05, 4.69) is 34.3 Å². The smallest absolute Gasteiger partial charge is 0.243 e. The van der Waals surface area contributed by atoms with E-state index in [0.717, 1.165) is 17.3 Å². The molecule has 2 rings (SSSR count). The number of nitrogens with one attached hydrogen (secondary N) is 1. The Hall–Kier alpha value is -1.19. The highest BCUT2D eigenvalue weighted by atomic mass is 15.2. The highest BCUT2D eigenvalue weighted by molar-refractivity contribution is 5.27. The van der Waals surface area contributed by atoms with E-state index in [1.807, 2.05) is 13.8 Å². The first-order valence-corrected chi connectivity index (χ1v) is 6.56. The van der Waals surface area contributed by atoms with Gasteiger partial charge in [0.2, 0.25) is 5.95 Å². The molecule has 1 fully saturated rings. The highest BCUT2D eigenvalue weighted by Crippen LogP contribution is 2.35. The Morgan fingerprint density at radius 1 is 1.18 bits per heavy atom. The SMILES string of the molecule is CCC1CCC(Nc2nnc(C)c(C)n2)C1C. The maximum Gasteiger partial charge on any atom is 0.243 e. The van der Waals surface area contributed by atoms with E-state index in [1.165, 1.54) is 19.3 Å². The second-order valence-electron chi connectivity index (χ2n) is 5.16. The van der Waals surface area contributed by atoms with Gasteiger partial charge in [-0.05, 0) is 38.5 Å². The zero-order chi connectivity index (χ0) is 12.4. The molecular formula is C13H22N4. The third kappa shape index (κ3) is 2.56. The Balaban J connectivity index is 2.04. The highest BCUT2D eigenvalue weighted by Gasteiger charge is 2.31. The van der Waals surface area contributed by atoms with Crippen LogP contribution in [0.1, 0.15) is 44.5 Å². The van der Waals surface area contributed by atoms with Gasteiger partial charge >= 0.3 is 0 Å². The van der Waals surface area contributed by atoms with Crippen molar-refractivity contribution in [3.05, 3.63) is 11.4 Å². The molecule has 0 spiro atoms. The van der Waals surface area contributed by atoms with Crippen molar-refractivity contribution in [1.29, 1.82) is 0 Å². The first-order valence-electron chi connectivity index (χ1n) is 6.56. The average molecular weight is 234 g/mol. The Bertz CT molecular complexity index is 391. The van der Waals surface area contributed by atoms with Crippen molar-refractivity contribution >= 4 is 5.95 Å². The lowest BCUT2D eigenvalue weighted by Crippen LogP contribution is -2.26. The summed E-state index contributed by atoms with van der Waals surface area (Å²) >= 11 is 0. The second kappa shape index (κ2) is 4.98.